The molecule has 2 atom stereocenters. The number of benzene rings is 1. The average Bonchev–Trinajstić information content (AvgIpc) is 2.67. The molecule has 0 heterocycles. The van der Waals surface area contributed by atoms with E-state index in [2.05, 4.69) is 12.1 Å². The summed E-state index contributed by atoms with van der Waals surface area (Å²) in [6.45, 7) is 0. The largest absolute Gasteiger partial charge is 0.481 e. The van der Waals surface area contributed by atoms with Gasteiger partial charge in [0.25, 0.3) is 0 Å². The van der Waals surface area contributed by atoms with Gasteiger partial charge in [0.15, 0.2) is 0 Å². The zero-order valence-electron chi connectivity index (χ0n) is 9.23. The molecule has 2 unspecified atom stereocenters. The van der Waals surface area contributed by atoms with Crippen molar-refractivity contribution in [3.63, 3.8) is 0 Å². The highest BCUT2D eigenvalue weighted by Gasteiger charge is 2.68. The van der Waals surface area contributed by atoms with Crippen LogP contribution in [-0.4, -0.2) is 11.1 Å². The zero-order chi connectivity index (χ0) is 11.2. The van der Waals surface area contributed by atoms with Crippen molar-refractivity contribution in [3.8, 4) is 0 Å². The summed E-state index contributed by atoms with van der Waals surface area (Å²) >= 11 is 0. The molecule has 0 saturated heterocycles. The molecule has 2 heteroatoms. The molecule has 0 aliphatic heterocycles. The molecule has 2 aliphatic rings. The average molecular weight is 216 g/mol. The maximum Gasteiger partial charge on any atom is 0.307 e. The van der Waals surface area contributed by atoms with Crippen LogP contribution in [-0.2, 0) is 4.79 Å². The van der Waals surface area contributed by atoms with Crippen molar-refractivity contribution in [2.45, 2.75) is 31.6 Å². The van der Waals surface area contributed by atoms with Crippen LogP contribution >= 0.6 is 0 Å². The van der Waals surface area contributed by atoms with Crippen molar-refractivity contribution >= 4 is 5.97 Å². The molecule has 0 aromatic heterocycles. The van der Waals surface area contributed by atoms with Crippen molar-refractivity contribution in [1.29, 1.82) is 0 Å². The van der Waals surface area contributed by atoms with Gasteiger partial charge in [-0.3, -0.25) is 4.79 Å². The van der Waals surface area contributed by atoms with Crippen LogP contribution in [0.2, 0.25) is 0 Å². The first-order chi connectivity index (χ1) is 7.76. The van der Waals surface area contributed by atoms with Crippen LogP contribution in [0.5, 0.6) is 0 Å². The molecule has 0 radical (unpaired) electrons. The molecule has 0 amide bonds. The third kappa shape index (κ3) is 1.22. The van der Waals surface area contributed by atoms with Crippen molar-refractivity contribution in [1.82, 2.24) is 0 Å². The topological polar surface area (TPSA) is 37.3 Å². The zero-order valence-corrected chi connectivity index (χ0v) is 9.23. The van der Waals surface area contributed by atoms with Gasteiger partial charge in [-0.05, 0) is 23.8 Å². The summed E-state index contributed by atoms with van der Waals surface area (Å²) in [6, 6.07) is 10.2. The minimum absolute atomic E-state index is 0.104. The second-order valence-electron chi connectivity index (χ2n) is 5.14. The van der Waals surface area contributed by atoms with Crippen LogP contribution in [0.15, 0.2) is 30.3 Å². The standard InChI is InChI=1S/C14H16O2/c15-13(16)12-11(10-6-2-1-3-7-10)14(12)8-4-5-9-14/h1-3,6-7,11-12H,4-5,8-9H2,(H,15,16). The Bertz CT molecular complexity index is 404. The van der Waals surface area contributed by atoms with E-state index in [1.165, 1.54) is 18.4 Å². The van der Waals surface area contributed by atoms with E-state index in [-0.39, 0.29) is 17.3 Å². The molecule has 84 valence electrons. The summed E-state index contributed by atoms with van der Waals surface area (Å²) in [5.74, 6) is -0.457. The van der Waals surface area contributed by atoms with Crippen LogP contribution in [0, 0.1) is 11.3 Å². The van der Waals surface area contributed by atoms with Crippen LogP contribution < -0.4 is 0 Å². The first kappa shape index (κ1) is 9.88. The summed E-state index contributed by atoms with van der Waals surface area (Å²) in [4.78, 5) is 11.3. The van der Waals surface area contributed by atoms with Crippen LogP contribution in [0.1, 0.15) is 37.2 Å². The molecule has 1 spiro atoms. The molecule has 1 aromatic rings. The second kappa shape index (κ2) is 3.34. The smallest absolute Gasteiger partial charge is 0.307 e. The number of carbonyl (C=O) groups is 1. The van der Waals surface area contributed by atoms with E-state index in [0.717, 1.165) is 12.8 Å². The normalized spacial score (nSPS) is 30.5. The second-order valence-corrected chi connectivity index (χ2v) is 5.14. The third-order valence-corrected chi connectivity index (χ3v) is 4.42. The van der Waals surface area contributed by atoms with Gasteiger partial charge in [-0.25, -0.2) is 0 Å². The van der Waals surface area contributed by atoms with E-state index in [1.54, 1.807) is 0 Å². The number of hydrogen-bond donors (Lipinski definition) is 1. The van der Waals surface area contributed by atoms with Gasteiger partial charge < -0.3 is 5.11 Å². The molecular formula is C14H16O2. The predicted molar refractivity (Wildman–Crippen MR) is 61.2 cm³/mol. The highest BCUT2D eigenvalue weighted by Crippen LogP contribution is 2.72. The summed E-state index contributed by atoms with van der Waals surface area (Å²) in [5, 5.41) is 9.31. The van der Waals surface area contributed by atoms with E-state index in [0.29, 0.717) is 0 Å². The highest BCUT2D eigenvalue weighted by atomic mass is 16.4. The van der Waals surface area contributed by atoms with Gasteiger partial charge in [0.1, 0.15) is 0 Å². The van der Waals surface area contributed by atoms with Gasteiger partial charge in [-0.15, -0.1) is 0 Å². The minimum atomic E-state index is -0.601. The lowest BCUT2D eigenvalue weighted by Crippen LogP contribution is -2.06. The van der Waals surface area contributed by atoms with E-state index >= 15 is 0 Å². The first-order valence-electron chi connectivity index (χ1n) is 6.03. The Kier molecular flexibility index (Phi) is 2.06. The Morgan fingerprint density at radius 3 is 2.38 bits per heavy atom. The summed E-state index contributed by atoms with van der Waals surface area (Å²) in [5.41, 5.74) is 1.32. The van der Waals surface area contributed by atoms with Crippen LogP contribution in [0.3, 0.4) is 0 Å². The maximum absolute atomic E-state index is 11.3. The molecule has 3 rings (SSSR count). The Hall–Kier alpha value is -1.31. The first-order valence-corrected chi connectivity index (χ1v) is 6.03. The Labute approximate surface area is 95.3 Å². The van der Waals surface area contributed by atoms with E-state index in [1.807, 2.05) is 18.2 Å². The van der Waals surface area contributed by atoms with Crippen LogP contribution in [0.4, 0.5) is 0 Å². The fourth-order valence-electron chi connectivity index (χ4n) is 3.72. The summed E-state index contributed by atoms with van der Waals surface area (Å²) in [7, 11) is 0. The van der Waals surface area contributed by atoms with Crippen molar-refractivity contribution in [2.24, 2.45) is 11.3 Å². The molecule has 2 saturated carbocycles. The molecule has 0 bridgehead atoms. The molecule has 2 nitrogen and oxygen atoms in total. The Morgan fingerprint density at radius 2 is 1.81 bits per heavy atom. The van der Waals surface area contributed by atoms with Crippen molar-refractivity contribution in [3.05, 3.63) is 35.9 Å². The molecule has 1 aromatic carbocycles. The van der Waals surface area contributed by atoms with Gasteiger partial charge in [0.05, 0.1) is 5.92 Å². The van der Waals surface area contributed by atoms with Crippen molar-refractivity contribution in [2.75, 3.05) is 0 Å². The molecule has 16 heavy (non-hydrogen) atoms. The SMILES string of the molecule is O=C(O)C1C(c2ccccc2)C12CCCC2. The van der Waals surface area contributed by atoms with Gasteiger partial charge in [0, 0.05) is 5.92 Å². The van der Waals surface area contributed by atoms with Gasteiger partial charge in [-0.2, -0.15) is 0 Å². The highest BCUT2D eigenvalue weighted by molar-refractivity contribution is 5.78. The molecule has 1 N–H and O–H groups in total. The van der Waals surface area contributed by atoms with E-state index in [4.69, 9.17) is 0 Å². The fourth-order valence-corrected chi connectivity index (χ4v) is 3.72. The fraction of sp³-hybridized carbons (Fsp3) is 0.500. The lowest BCUT2D eigenvalue weighted by atomic mass is 9.97. The number of rotatable bonds is 2. The van der Waals surface area contributed by atoms with Gasteiger partial charge in [0.2, 0.25) is 0 Å². The number of carboxylic acid groups (broad SMARTS) is 1. The van der Waals surface area contributed by atoms with Gasteiger partial charge >= 0.3 is 5.97 Å². The monoisotopic (exact) mass is 216 g/mol. The van der Waals surface area contributed by atoms with E-state index < -0.39 is 5.97 Å². The Morgan fingerprint density at radius 1 is 1.19 bits per heavy atom. The van der Waals surface area contributed by atoms with Crippen LogP contribution in [0.25, 0.3) is 0 Å². The number of hydrogen-bond acceptors (Lipinski definition) is 1. The lowest BCUT2D eigenvalue weighted by Gasteiger charge is -2.07. The molecule has 2 fully saturated rings. The number of aliphatic carboxylic acids is 1. The minimum Gasteiger partial charge on any atom is -0.481 e. The van der Waals surface area contributed by atoms with Crippen molar-refractivity contribution < 1.29 is 9.90 Å². The lowest BCUT2D eigenvalue weighted by molar-refractivity contribution is -0.139. The number of carboxylic acids is 1. The van der Waals surface area contributed by atoms with Gasteiger partial charge in [-0.1, -0.05) is 43.2 Å². The Balaban J connectivity index is 1.94. The quantitative estimate of drug-likeness (QED) is 0.825. The third-order valence-electron chi connectivity index (χ3n) is 4.42. The maximum atomic E-state index is 11.3. The molecule has 2 aliphatic carbocycles. The van der Waals surface area contributed by atoms with E-state index in [9.17, 15) is 9.90 Å². The molecular weight excluding hydrogens is 200 g/mol. The summed E-state index contributed by atoms with van der Waals surface area (Å²) < 4.78 is 0. The predicted octanol–water partition coefficient (Wildman–Crippen LogP) is 3.05. The summed E-state index contributed by atoms with van der Waals surface area (Å²) in [6.07, 6.45) is 4.60.